The molecule has 7 atom stereocenters. The van der Waals surface area contributed by atoms with E-state index in [4.69, 9.17) is 19.5 Å². The van der Waals surface area contributed by atoms with E-state index in [1.165, 1.54) is 24.3 Å². The lowest BCUT2D eigenvalue weighted by Crippen LogP contribution is -2.61. The lowest BCUT2D eigenvalue weighted by molar-refractivity contribution is -0.140. The number of H-pyrrole nitrogens is 1. The minimum Gasteiger partial charge on any atom is -0.394 e. The average molecular weight is 866 g/mol. The van der Waals surface area contributed by atoms with Gasteiger partial charge in [0.2, 0.25) is 35.4 Å². The number of likely N-dealkylation sites (tertiary alicyclic amines) is 1. The number of nitrogens with zero attached hydrogens (tertiary/aromatic N) is 3. The van der Waals surface area contributed by atoms with Gasteiger partial charge in [0.1, 0.15) is 30.2 Å². The summed E-state index contributed by atoms with van der Waals surface area (Å²) in [5.74, 6) is -4.80. The zero-order valence-electron chi connectivity index (χ0n) is 34.7. The number of ether oxygens (including phenoxy) is 1. The number of primary amides is 1. The van der Waals surface area contributed by atoms with Gasteiger partial charge in [-0.2, -0.15) is 0 Å². The second-order valence-electron chi connectivity index (χ2n) is 15.1. The minimum atomic E-state index is -4.76. The Hall–Kier alpha value is -4.79. The fourth-order valence-electron chi connectivity index (χ4n) is 6.35. The minimum absolute atomic E-state index is 0.0596. The molecule has 0 saturated carbocycles. The normalized spacial score (nSPS) is 17.6. The van der Waals surface area contributed by atoms with Gasteiger partial charge in [0, 0.05) is 36.7 Å². The summed E-state index contributed by atoms with van der Waals surface area (Å²) in [6.07, 6.45) is 4.67. The van der Waals surface area contributed by atoms with Crippen molar-refractivity contribution in [3.05, 3.63) is 48.3 Å². The molecular formula is C38H60N9O12P. The van der Waals surface area contributed by atoms with Crippen molar-refractivity contribution in [2.24, 2.45) is 11.7 Å². The largest absolute Gasteiger partial charge is 0.472 e. The van der Waals surface area contributed by atoms with Crippen molar-refractivity contribution in [3.63, 3.8) is 0 Å². The van der Waals surface area contributed by atoms with Crippen molar-refractivity contribution in [1.82, 2.24) is 41.1 Å². The summed E-state index contributed by atoms with van der Waals surface area (Å²) in [5.41, 5.74) is 6.64. The van der Waals surface area contributed by atoms with Crippen molar-refractivity contribution in [3.8, 4) is 0 Å². The molecule has 0 spiro atoms. The Bertz CT molecular complexity index is 1750. The van der Waals surface area contributed by atoms with Gasteiger partial charge >= 0.3 is 7.82 Å². The highest BCUT2D eigenvalue weighted by molar-refractivity contribution is 7.47. The predicted octanol–water partition coefficient (Wildman–Crippen LogP) is -0.229. The SMILES string of the molecule is CC(C)C[C@H](NC(=O)[C@@H]1CCCN1C(=O)CCOC(C)C)C(=O)N[C@@H](Cc1cnc[nH]1)C(=O)N[C@@H](CO)C(=O)N[C@H](C(N)=O)[C@@H](C)OP(=O)(O)OCCCc1ccccn1. The Kier molecular flexibility index (Phi) is 20.2. The highest BCUT2D eigenvalue weighted by atomic mass is 31.2. The molecule has 9 N–H and O–H groups in total. The number of aromatic amines is 1. The number of hydrogen-bond acceptors (Lipinski definition) is 13. The summed E-state index contributed by atoms with van der Waals surface area (Å²) in [4.78, 5) is 103. The van der Waals surface area contributed by atoms with Crippen molar-refractivity contribution in [2.45, 2.75) is 122 Å². The monoisotopic (exact) mass is 865 g/mol. The first-order valence-electron chi connectivity index (χ1n) is 20.0. The topological polar surface area (TPSA) is 307 Å². The van der Waals surface area contributed by atoms with Crippen LogP contribution in [0.25, 0.3) is 0 Å². The van der Waals surface area contributed by atoms with E-state index in [1.54, 1.807) is 24.4 Å². The van der Waals surface area contributed by atoms with E-state index in [9.17, 15) is 43.3 Å². The van der Waals surface area contributed by atoms with Gasteiger partial charge in [0.05, 0.1) is 44.8 Å². The molecule has 0 aliphatic carbocycles. The first kappa shape index (κ1) is 49.6. The fraction of sp³-hybridized carbons (Fsp3) is 0.632. The molecule has 0 bridgehead atoms. The molecule has 334 valence electrons. The van der Waals surface area contributed by atoms with E-state index in [1.807, 2.05) is 27.7 Å². The van der Waals surface area contributed by atoms with Gasteiger partial charge in [0.15, 0.2) is 0 Å². The molecule has 3 heterocycles. The summed E-state index contributed by atoms with van der Waals surface area (Å²) >= 11 is 0. The van der Waals surface area contributed by atoms with E-state index in [0.717, 1.165) is 5.69 Å². The van der Waals surface area contributed by atoms with Gasteiger partial charge in [-0.05, 0) is 70.9 Å². The van der Waals surface area contributed by atoms with Crippen LogP contribution < -0.4 is 27.0 Å². The van der Waals surface area contributed by atoms with Crippen LogP contribution in [-0.4, -0.2) is 134 Å². The summed E-state index contributed by atoms with van der Waals surface area (Å²) in [7, 11) is -4.76. The maximum absolute atomic E-state index is 13.9. The van der Waals surface area contributed by atoms with Crippen LogP contribution in [0.5, 0.6) is 0 Å². The number of aliphatic hydroxyl groups excluding tert-OH is 1. The van der Waals surface area contributed by atoms with Crippen LogP contribution in [0.4, 0.5) is 0 Å². The van der Waals surface area contributed by atoms with E-state index in [-0.39, 0.29) is 50.4 Å². The third-order valence-corrected chi connectivity index (χ3v) is 10.4. The van der Waals surface area contributed by atoms with Crippen LogP contribution >= 0.6 is 7.82 Å². The quantitative estimate of drug-likeness (QED) is 0.0448. The van der Waals surface area contributed by atoms with Crippen molar-refractivity contribution < 1.29 is 57.1 Å². The van der Waals surface area contributed by atoms with Gasteiger partial charge in [-0.25, -0.2) is 9.55 Å². The number of aryl methyl sites for hydroxylation is 1. The van der Waals surface area contributed by atoms with Gasteiger partial charge in [-0.15, -0.1) is 0 Å². The molecule has 1 aliphatic rings. The fourth-order valence-corrected chi connectivity index (χ4v) is 7.32. The second-order valence-corrected chi connectivity index (χ2v) is 16.5. The molecule has 1 saturated heterocycles. The van der Waals surface area contributed by atoms with Crippen LogP contribution in [0.15, 0.2) is 36.9 Å². The van der Waals surface area contributed by atoms with Crippen LogP contribution in [0, 0.1) is 5.92 Å². The highest BCUT2D eigenvalue weighted by Crippen LogP contribution is 2.45. The Morgan fingerprint density at radius 2 is 1.68 bits per heavy atom. The van der Waals surface area contributed by atoms with Gasteiger partial charge in [0.25, 0.3) is 0 Å². The molecule has 0 radical (unpaired) electrons. The predicted molar refractivity (Wildman–Crippen MR) is 215 cm³/mol. The second kappa shape index (κ2) is 24.5. The zero-order chi connectivity index (χ0) is 44.4. The summed E-state index contributed by atoms with van der Waals surface area (Å²) in [5, 5.41) is 20.1. The van der Waals surface area contributed by atoms with Gasteiger partial charge in [-0.1, -0.05) is 19.9 Å². The molecule has 1 fully saturated rings. The molecule has 60 heavy (non-hydrogen) atoms. The maximum Gasteiger partial charge on any atom is 0.472 e. The number of nitrogens with two attached hydrogens (primary N) is 1. The molecule has 2 aromatic rings. The van der Waals surface area contributed by atoms with E-state index < -0.39 is 80.3 Å². The third kappa shape index (κ3) is 16.7. The number of carbonyl (C=O) groups is 6. The van der Waals surface area contributed by atoms with Crippen molar-refractivity contribution in [1.29, 1.82) is 0 Å². The molecule has 22 heteroatoms. The number of phosphoric ester groups is 1. The van der Waals surface area contributed by atoms with E-state index in [0.29, 0.717) is 37.9 Å². The summed E-state index contributed by atoms with van der Waals surface area (Å²) < 4.78 is 28.3. The van der Waals surface area contributed by atoms with E-state index in [2.05, 4.69) is 36.2 Å². The third-order valence-electron chi connectivity index (χ3n) is 9.34. The zero-order valence-corrected chi connectivity index (χ0v) is 35.6. The highest BCUT2D eigenvalue weighted by Gasteiger charge is 2.38. The molecule has 3 rings (SSSR count). The van der Waals surface area contributed by atoms with Gasteiger partial charge in [-0.3, -0.25) is 42.8 Å². The number of pyridine rings is 1. The van der Waals surface area contributed by atoms with Crippen LogP contribution in [0.3, 0.4) is 0 Å². The van der Waals surface area contributed by atoms with Crippen LogP contribution in [-0.2, 0) is 60.0 Å². The lowest BCUT2D eigenvalue weighted by atomic mass is 10.0. The number of hydrogen-bond donors (Lipinski definition) is 8. The first-order chi connectivity index (χ1) is 28.4. The molecular weight excluding hydrogens is 805 g/mol. The molecule has 1 unspecified atom stereocenters. The Morgan fingerprint density at radius 1 is 0.983 bits per heavy atom. The molecule has 1 aliphatic heterocycles. The number of aliphatic hydroxyl groups is 1. The summed E-state index contributed by atoms with van der Waals surface area (Å²) in [6, 6.07) is -1.42. The number of rotatable bonds is 26. The number of phosphoric acid groups is 1. The Balaban J connectivity index is 1.67. The molecule has 2 aromatic heterocycles. The summed E-state index contributed by atoms with van der Waals surface area (Å²) in [6.45, 7) is 7.99. The maximum atomic E-state index is 13.9. The average Bonchev–Trinajstić information content (AvgIpc) is 3.90. The van der Waals surface area contributed by atoms with Crippen LogP contribution in [0.1, 0.15) is 78.1 Å². The van der Waals surface area contributed by atoms with Crippen molar-refractivity contribution >= 4 is 43.3 Å². The van der Waals surface area contributed by atoms with Crippen molar-refractivity contribution in [2.75, 3.05) is 26.4 Å². The first-order valence-corrected chi connectivity index (χ1v) is 21.5. The molecule has 0 aromatic carbocycles. The molecule has 21 nitrogen and oxygen atoms in total. The van der Waals surface area contributed by atoms with Gasteiger partial charge < -0.3 is 51.6 Å². The number of imidazole rings is 1. The number of nitrogens with one attached hydrogen (secondary N) is 5. The lowest BCUT2D eigenvalue weighted by Gasteiger charge is -2.29. The van der Waals surface area contributed by atoms with Crippen LogP contribution in [0.2, 0.25) is 0 Å². The van der Waals surface area contributed by atoms with E-state index >= 15 is 0 Å². The molecule has 6 amide bonds. The number of amides is 6. The Morgan fingerprint density at radius 3 is 2.30 bits per heavy atom. The smallest absolute Gasteiger partial charge is 0.394 e. The number of aromatic nitrogens is 3. The Labute approximate surface area is 349 Å². The standard InChI is InChI=1S/C38H60N9O12P/c1-23(2)18-28(44-38(54)31-12-8-15-47(31)32(49)13-17-57-24(3)4)35(51)43-29(19-27-20-40-22-42-27)36(52)45-30(21-48)37(53)46-33(34(39)50)25(5)59-60(55,56)58-16-9-11-26-10-6-7-14-41-26/h6-7,10,14,20,22-25,28-31,33,48H,8-9,11-13,15-19,21H2,1-5H3,(H2,39,50)(H,40,42)(H,43,51)(H,44,54)(H,45,52)(H,46,53)(H,55,56)/t25-,28+,29+,30+,31+,33+/m1/s1. The number of carbonyl (C=O) groups excluding carboxylic acids is 6.